The molecule has 0 radical (unpaired) electrons. The van der Waals surface area contributed by atoms with Gasteiger partial charge in [0, 0.05) is 23.1 Å². The van der Waals surface area contributed by atoms with Crippen molar-refractivity contribution in [2.24, 2.45) is 5.73 Å². The van der Waals surface area contributed by atoms with Crippen LogP contribution in [-0.2, 0) is 13.1 Å². The van der Waals surface area contributed by atoms with Crippen molar-refractivity contribution in [1.82, 2.24) is 5.32 Å². The fraction of sp³-hybridized carbons (Fsp3) is 0.133. The van der Waals surface area contributed by atoms with Crippen molar-refractivity contribution in [2.45, 2.75) is 13.1 Å². The van der Waals surface area contributed by atoms with Crippen LogP contribution in [0.4, 0.5) is 0 Å². The number of carbonyl (C=O) groups is 1. The van der Waals surface area contributed by atoms with Crippen LogP contribution in [-0.4, -0.2) is 5.91 Å². The molecule has 3 N–H and O–H groups in total. The van der Waals surface area contributed by atoms with Gasteiger partial charge in [-0.2, -0.15) is 0 Å². The van der Waals surface area contributed by atoms with Crippen molar-refractivity contribution in [3.8, 4) is 0 Å². The lowest BCUT2D eigenvalue weighted by molar-refractivity contribution is 0.0951. The van der Waals surface area contributed by atoms with Gasteiger partial charge in [-0.05, 0) is 35.4 Å². The Morgan fingerprint density at radius 3 is 2.16 bits per heavy atom. The number of hydrogen-bond donors (Lipinski definition) is 2. The first-order valence-corrected chi connectivity index (χ1v) is 6.80. The SMILES string of the molecule is NCc1ccc(C(=O)NCc2ccc(Br)cc2)cc1. The minimum absolute atomic E-state index is 0.0773. The van der Waals surface area contributed by atoms with Gasteiger partial charge in [0.25, 0.3) is 5.91 Å². The van der Waals surface area contributed by atoms with E-state index >= 15 is 0 Å². The molecule has 0 spiro atoms. The van der Waals surface area contributed by atoms with Crippen LogP contribution in [0.25, 0.3) is 0 Å². The number of carbonyl (C=O) groups excluding carboxylic acids is 1. The molecule has 2 rings (SSSR count). The summed E-state index contributed by atoms with van der Waals surface area (Å²) in [5.74, 6) is -0.0773. The predicted octanol–water partition coefficient (Wildman–Crippen LogP) is 2.84. The van der Waals surface area contributed by atoms with Crippen LogP contribution >= 0.6 is 15.9 Å². The largest absolute Gasteiger partial charge is 0.348 e. The van der Waals surface area contributed by atoms with E-state index in [4.69, 9.17) is 5.73 Å². The third-order valence-electron chi connectivity index (χ3n) is 2.82. The molecule has 0 aliphatic heterocycles. The average Bonchev–Trinajstić information content (AvgIpc) is 2.46. The maximum atomic E-state index is 11.9. The molecule has 0 bridgehead atoms. The zero-order valence-electron chi connectivity index (χ0n) is 10.4. The van der Waals surface area contributed by atoms with Gasteiger partial charge in [0.2, 0.25) is 0 Å². The number of benzene rings is 2. The maximum absolute atomic E-state index is 11.9. The second-order valence-electron chi connectivity index (χ2n) is 4.21. The Hall–Kier alpha value is -1.65. The van der Waals surface area contributed by atoms with Gasteiger partial charge in [-0.3, -0.25) is 4.79 Å². The fourth-order valence-corrected chi connectivity index (χ4v) is 1.94. The molecule has 0 aliphatic carbocycles. The Kier molecular flexibility index (Phi) is 4.71. The van der Waals surface area contributed by atoms with E-state index in [-0.39, 0.29) is 5.91 Å². The van der Waals surface area contributed by atoms with E-state index in [2.05, 4.69) is 21.2 Å². The van der Waals surface area contributed by atoms with Gasteiger partial charge in [0.05, 0.1) is 0 Å². The molecular formula is C15H15BrN2O. The highest BCUT2D eigenvalue weighted by atomic mass is 79.9. The number of nitrogens with two attached hydrogens (primary N) is 1. The molecule has 19 heavy (non-hydrogen) atoms. The van der Waals surface area contributed by atoms with Gasteiger partial charge >= 0.3 is 0 Å². The summed E-state index contributed by atoms with van der Waals surface area (Å²) in [5, 5.41) is 2.89. The quantitative estimate of drug-likeness (QED) is 0.910. The molecule has 0 fully saturated rings. The first kappa shape index (κ1) is 13.8. The van der Waals surface area contributed by atoms with E-state index in [9.17, 15) is 4.79 Å². The van der Waals surface area contributed by atoms with Crippen molar-refractivity contribution in [2.75, 3.05) is 0 Å². The summed E-state index contributed by atoms with van der Waals surface area (Å²) in [6.07, 6.45) is 0. The van der Waals surface area contributed by atoms with Gasteiger partial charge in [-0.25, -0.2) is 0 Å². The van der Waals surface area contributed by atoms with E-state index in [1.165, 1.54) is 0 Å². The van der Waals surface area contributed by atoms with Gasteiger partial charge in [0.15, 0.2) is 0 Å². The second-order valence-corrected chi connectivity index (χ2v) is 5.13. The van der Waals surface area contributed by atoms with Crippen LogP contribution in [0.2, 0.25) is 0 Å². The van der Waals surface area contributed by atoms with E-state index in [0.717, 1.165) is 15.6 Å². The Labute approximate surface area is 121 Å². The first-order chi connectivity index (χ1) is 9.19. The molecule has 0 saturated heterocycles. The number of rotatable bonds is 4. The smallest absolute Gasteiger partial charge is 0.251 e. The molecule has 0 heterocycles. The predicted molar refractivity (Wildman–Crippen MR) is 79.6 cm³/mol. The highest BCUT2D eigenvalue weighted by molar-refractivity contribution is 9.10. The molecule has 2 aromatic rings. The number of amides is 1. The molecule has 2 aromatic carbocycles. The molecule has 0 aliphatic rings. The lowest BCUT2D eigenvalue weighted by atomic mass is 10.1. The summed E-state index contributed by atoms with van der Waals surface area (Å²) in [6.45, 7) is 1.01. The molecule has 4 heteroatoms. The Morgan fingerprint density at radius 2 is 1.58 bits per heavy atom. The topological polar surface area (TPSA) is 55.1 Å². The minimum Gasteiger partial charge on any atom is -0.348 e. The van der Waals surface area contributed by atoms with Crippen molar-refractivity contribution in [3.05, 3.63) is 69.7 Å². The average molecular weight is 319 g/mol. The van der Waals surface area contributed by atoms with Crippen LogP contribution in [0.5, 0.6) is 0 Å². The number of nitrogens with one attached hydrogen (secondary N) is 1. The van der Waals surface area contributed by atoms with Crippen LogP contribution in [0.15, 0.2) is 53.0 Å². The van der Waals surface area contributed by atoms with Gasteiger partial charge in [-0.1, -0.05) is 40.2 Å². The van der Waals surface area contributed by atoms with Crippen molar-refractivity contribution < 1.29 is 4.79 Å². The van der Waals surface area contributed by atoms with Crippen molar-refractivity contribution >= 4 is 21.8 Å². The highest BCUT2D eigenvalue weighted by Crippen LogP contribution is 2.10. The second kappa shape index (κ2) is 6.50. The third-order valence-corrected chi connectivity index (χ3v) is 3.35. The fourth-order valence-electron chi connectivity index (χ4n) is 1.68. The monoisotopic (exact) mass is 318 g/mol. The van der Waals surface area contributed by atoms with Gasteiger partial charge in [0.1, 0.15) is 0 Å². The van der Waals surface area contributed by atoms with Gasteiger partial charge < -0.3 is 11.1 Å². The van der Waals surface area contributed by atoms with Crippen molar-refractivity contribution in [3.63, 3.8) is 0 Å². The van der Waals surface area contributed by atoms with E-state index in [1.807, 2.05) is 36.4 Å². The molecule has 1 amide bonds. The summed E-state index contributed by atoms with van der Waals surface area (Å²) < 4.78 is 1.03. The molecular weight excluding hydrogens is 304 g/mol. The molecule has 0 unspecified atom stereocenters. The summed E-state index contributed by atoms with van der Waals surface area (Å²) >= 11 is 3.38. The van der Waals surface area contributed by atoms with Crippen LogP contribution in [0, 0.1) is 0 Å². The lowest BCUT2D eigenvalue weighted by Gasteiger charge is -2.06. The van der Waals surface area contributed by atoms with Crippen LogP contribution < -0.4 is 11.1 Å². The zero-order valence-corrected chi connectivity index (χ0v) is 12.0. The maximum Gasteiger partial charge on any atom is 0.251 e. The summed E-state index contributed by atoms with van der Waals surface area (Å²) in [4.78, 5) is 11.9. The van der Waals surface area contributed by atoms with E-state index in [0.29, 0.717) is 18.7 Å². The van der Waals surface area contributed by atoms with Crippen LogP contribution in [0.3, 0.4) is 0 Å². The summed E-state index contributed by atoms with van der Waals surface area (Å²) in [7, 11) is 0. The normalized spacial score (nSPS) is 10.2. The van der Waals surface area contributed by atoms with Crippen LogP contribution in [0.1, 0.15) is 21.5 Å². The minimum atomic E-state index is -0.0773. The standard InChI is InChI=1S/C15H15BrN2O/c16-14-7-3-12(4-8-14)10-18-15(19)13-5-1-11(9-17)2-6-13/h1-8H,9-10,17H2,(H,18,19). The van der Waals surface area contributed by atoms with Gasteiger partial charge in [-0.15, -0.1) is 0 Å². The summed E-state index contributed by atoms with van der Waals surface area (Å²) in [5.41, 5.74) is 8.25. The Morgan fingerprint density at radius 1 is 1.00 bits per heavy atom. The Bertz CT molecular complexity index is 549. The number of hydrogen-bond acceptors (Lipinski definition) is 2. The number of halogens is 1. The Balaban J connectivity index is 1.95. The molecule has 3 nitrogen and oxygen atoms in total. The van der Waals surface area contributed by atoms with E-state index in [1.54, 1.807) is 12.1 Å². The zero-order chi connectivity index (χ0) is 13.7. The molecule has 0 aromatic heterocycles. The summed E-state index contributed by atoms with van der Waals surface area (Å²) in [6, 6.07) is 15.2. The van der Waals surface area contributed by atoms with Crippen molar-refractivity contribution in [1.29, 1.82) is 0 Å². The highest BCUT2D eigenvalue weighted by Gasteiger charge is 2.04. The third kappa shape index (κ3) is 3.91. The first-order valence-electron chi connectivity index (χ1n) is 6.00. The van der Waals surface area contributed by atoms with E-state index < -0.39 is 0 Å². The molecule has 0 saturated carbocycles. The molecule has 0 atom stereocenters. The molecule has 98 valence electrons. The lowest BCUT2D eigenvalue weighted by Crippen LogP contribution is -2.22.